The Morgan fingerprint density at radius 2 is 2.22 bits per heavy atom. The SMILES string of the molecule is CCc1nnsc1C(=O)NC1(CC(=O)O)CCC1. The Kier molecular flexibility index (Phi) is 3.60. The van der Waals surface area contributed by atoms with Crippen molar-refractivity contribution < 1.29 is 14.7 Å². The minimum atomic E-state index is -0.881. The van der Waals surface area contributed by atoms with Gasteiger partial charge in [0.1, 0.15) is 4.88 Å². The molecule has 1 fully saturated rings. The molecule has 1 aromatic heterocycles. The first kappa shape index (κ1) is 12.9. The predicted octanol–water partition coefficient (Wildman–Crippen LogP) is 1.23. The van der Waals surface area contributed by atoms with Gasteiger partial charge in [0.2, 0.25) is 0 Å². The third-order valence-corrected chi connectivity index (χ3v) is 4.04. The van der Waals surface area contributed by atoms with Gasteiger partial charge in [-0.3, -0.25) is 9.59 Å². The number of nitrogens with zero attached hydrogens (tertiary/aromatic N) is 2. The summed E-state index contributed by atoms with van der Waals surface area (Å²) in [5, 5.41) is 15.6. The molecule has 2 rings (SSSR count). The van der Waals surface area contributed by atoms with Gasteiger partial charge in [0, 0.05) is 0 Å². The van der Waals surface area contributed by atoms with E-state index in [0.717, 1.165) is 30.8 Å². The van der Waals surface area contributed by atoms with Gasteiger partial charge in [-0.25, -0.2) is 0 Å². The van der Waals surface area contributed by atoms with E-state index in [1.807, 2.05) is 6.92 Å². The van der Waals surface area contributed by atoms with Crippen molar-refractivity contribution in [3.05, 3.63) is 10.6 Å². The Balaban J connectivity index is 2.08. The smallest absolute Gasteiger partial charge is 0.305 e. The van der Waals surface area contributed by atoms with E-state index in [9.17, 15) is 9.59 Å². The Labute approximate surface area is 109 Å². The summed E-state index contributed by atoms with van der Waals surface area (Å²) in [6.45, 7) is 1.91. The van der Waals surface area contributed by atoms with Crippen LogP contribution in [0.4, 0.5) is 0 Å². The van der Waals surface area contributed by atoms with E-state index in [1.165, 1.54) is 0 Å². The van der Waals surface area contributed by atoms with E-state index < -0.39 is 11.5 Å². The molecule has 1 heterocycles. The molecule has 0 spiro atoms. The molecule has 6 nitrogen and oxygen atoms in total. The van der Waals surface area contributed by atoms with Gasteiger partial charge in [0.25, 0.3) is 5.91 Å². The van der Waals surface area contributed by atoms with Gasteiger partial charge in [-0.2, -0.15) is 0 Å². The molecule has 98 valence electrons. The molecule has 0 aliphatic heterocycles. The number of rotatable bonds is 5. The van der Waals surface area contributed by atoms with Gasteiger partial charge in [-0.05, 0) is 37.2 Å². The maximum atomic E-state index is 12.1. The standard InChI is InChI=1S/C11H15N3O3S/c1-2-7-9(18-14-13-7)10(17)12-11(4-3-5-11)6-8(15)16/h2-6H2,1H3,(H,12,17)(H,15,16). The summed E-state index contributed by atoms with van der Waals surface area (Å²) in [7, 11) is 0. The minimum Gasteiger partial charge on any atom is -0.481 e. The van der Waals surface area contributed by atoms with Crippen LogP contribution in [0.5, 0.6) is 0 Å². The zero-order valence-corrected chi connectivity index (χ0v) is 10.9. The van der Waals surface area contributed by atoms with Crippen LogP contribution >= 0.6 is 11.5 Å². The third-order valence-electron chi connectivity index (χ3n) is 3.28. The van der Waals surface area contributed by atoms with Crippen molar-refractivity contribution in [1.29, 1.82) is 0 Å². The van der Waals surface area contributed by atoms with Crippen molar-refractivity contribution in [2.45, 2.75) is 44.6 Å². The summed E-state index contributed by atoms with van der Waals surface area (Å²) in [6, 6.07) is 0. The van der Waals surface area contributed by atoms with E-state index >= 15 is 0 Å². The average molecular weight is 269 g/mol. The summed E-state index contributed by atoms with van der Waals surface area (Å²) in [4.78, 5) is 23.4. The van der Waals surface area contributed by atoms with Crippen LogP contribution in [0.25, 0.3) is 0 Å². The van der Waals surface area contributed by atoms with Gasteiger partial charge >= 0.3 is 5.97 Å². The zero-order valence-electron chi connectivity index (χ0n) is 10.1. The second-order valence-electron chi connectivity index (χ2n) is 4.56. The highest BCUT2D eigenvalue weighted by atomic mass is 32.1. The van der Waals surface area contributed by atoms with Crippen LogP contribution in [0.15, 0.2) is 0 Å². The van der Waals surface area contributed by atoms with Crippen LogP contribution in [-0.2, 0) is 11.2 Å². The summed E-state index contributed by atoms with van der Waals surface area (Å²) in [5.74, 6) is -1.13. The summed E-state index contributed by atoms with van der Waals surface area (Å²) in [6.07, 6.45) is 3.02. The van der Waals surface area contributed by atoms with Crippen molar-refractivity contribution in [2.75, 3.05) is 0 Å². The minimum absolute atomic E-state index is 0.0214. The fourth-order valence-electron chi connectivity index (χ4n) is 2.15. The second kappa shape index (κ2) is 5.01. The highest BCUT2D eigenvalue weighted by Gasteiger charge is 2.41. The predicted molar refractivity (Wildman–Crippen MR) is 65.6 cm³/mol. The van der Waals surface area contributed by atoms with Gasteiger partial charge in [0.05, 0.1) is 17.7 Å². The summed E-state index contributed by atoms with van der Waals surface area (Å²) >= 11 is 1.06. The molecule has 0 radical (unpaired) electrons. The number of nitrogens with one attached hydrogen (secondary N) is 1. The summed E-state index contributed by atoms with van der Waals surface area (Å²) < 4.78 is 3.76. The van der Waals surface area contributed by atoms with Crippen LogP contribution in [-0.4, -0.2) is 32.1 Å². The molecule has 0 atom stereocenters. The second-order valence-corrected chi connectivity index (χ2v) is 5.31. The maximum Gasteiger partial charge on any atom is 0.305 e. The highest BCUT2D eigenvalue weighted by Crippen LogP contribution is 2.35. The first-order chi connectivity index (χ1) is 8.56. The van der Waals surface area contributed by atoms with Gasteiger partial charge in [0.15, 0.2) is 0 Å². The molecule has 0 unspecified atom stereocenters. The first-order valence-electron chi connectivity index (χ1n) is 5.92. The molecule has 1 amide bonds. The van der Waals surface area contributed by atoms with E-state index in [0.29, 0.717) is 17.0 Å². The number of aromatic nitrogens is 2. The lowest BCUT2D eigenvalue weighted by Gasteiger charge is -2.41. The van der Waals surface area contributed by atoms with E-state index in [1.54, 1.807) is 0 Å². The normalized spacial score (nSPS) is 16.9. The molecule has 2 N–H and O–H groups in total. The monoisotopic (exact) mass is 269 g/mol. The number of hydrogen-bond acceptors (Lipinski definition) is 5. The molecule has 0 aromatic carbocycles. The topological polar surface area (TPSA) is 92.2 Å². The van der Waals surface area contributed by atoms with E-state index in [2.05, 4.69) is 14.9 Å². The Bertz CT molecular complexity index is 468. The summed E-state index contributed by atoms with van der Waals surface area (Å²) in [5.41, 5.74) is 0.0973. The van der Waals surface area contributed by atoms with Gasteiger partial charge in [-0.1, -0.05) is 11.4 Å². The lowest BCUT2D eigenvalue weighted by atomic mass is 9.74. The molecule has 1 aliphatic rings. The third kappa shape index (κ3) is 2.50. The van der Waals surface area contributed by atoms with Crippen LogP contribution < -0.4 is 5.32 Å². The number of carboxylic acid groups (broad SMARTS) is 1. The number of aliphatic carboxylic acids is 1. The van der Waals surface area contributed by atoms with Crippen molar-refractivity contribution >= 4 is 23.4 Å². The van der Waals surface area contributed by atoms with Crippen LogP contribution in [0.1, 0.15) is 48.0 Å². The fraction of sp³-hybridized carbons (Fsp3) is 0.636. The molecule has 18 heavy (non-hydrogen) atoms. The van der Waals surface area contributed by atoms with Crippen molar-refractivity contribution in [2.24, 2.45) is 0 Å². The van der Waals surface area contributed by atoms with Crippen molar-refractivity contribution in [1.82, 2.24) is 14.9 Å². The van der Waals surface area contributed by atoms with E-state index in [4.69, 9.17) is 5.11 Å². The van der Waals surface area contributed by atoms with Crippen LogP contribution in [0, 0.1) is 0 Å². The Hall–Kier alpha value is -1.50. The van der Waals surface area contributed by atoms with Crippen LogP contribution in [0.3, 0.4) is 0 Å². The fourth-order valence-corrected chi connectivity index (χ4v) is 2.79. The number of hydrogen-bond donors (Lipinski definition) is 2. The first-order valence-corrected chi connectivity index (χ1v) is 6.69. The largest absolute Gasteiger partial charge is 0.481 e. The molecular formula is C11H15N3O3S. The van der Waals surface area contributed by atoms with E-state index in [-0.39, 0.29) is 12.3 Å². The molecule has 0 bridgehead atoms. The van der Waals surface area contributed by atoms with Crippen LogP contribution in [0.2, 0.25) is 0 Å². The molecule has 7 heteroatoms. The van der Waals surface area contributed by atoms with Gasteiger partial charge in [-0.15, -0.1) is 5.10 Å². The molecular weight excluding hydrogens is 254 g/mol. The number of carbonyl (C=O) groups excluding carboxylic acids is 1. The van der Waals surface area contributed by atoms with Crippen molar-refractivity contribution in [3.8, 4) is 0 Å². The molecule has 0 saturated heterocycles. The number of carboxylic acids is 1. The zero-order chi connectivity index (χ0) is 13.2. The molecule has 1 aromatic rings. The number of carbonyl (C=O) groups is 2. The molecule has 1 aliphatic carbocycles. The molecule has 1 saturated carbocycles. The maximum absolute atomic E-state index is 12.1. The average Bonchev–Trinajstić information content (AvgIpc) is 2.73. The Morgan fingerprint density at radius 1 is 1.50 bits per heavy atom. The number of aryl methyl sites for hydroxylation is 1. The lowest BCUT2D eigenvalue weighted by molar-refractivity contribution is -0.139. The lowest BCUT2D eigenvalue weighted by Crippen LogP contribution is -2.54. The Morgan fingerprint density at radius 3 is 2.72 bits per heavy atom. The van der Waals surface area contributed by atoms with Crippen molar-refractivity contribution in [3.63, 3.8) is 0 Å². The quantitative estimate of drug-likeness (QED) is 0.838. The number of amides is 1. The van der Waals surface area contributed by atoms with Gasteiger partial charge < -0.3 is 10.4 Å². The highest BCUT2D eigenvalue weighted by molar-refractivity contribution is 7.08.